The minimum absolute atomic E-state index is 0.113. The van der Waals surface area contributed by atoms with Crippen molar-refractivity contribution in [1.29, 1.82) is 0 Å². The monoisotopic (exact) mass is 394 g/mol. The van der Waals surface area contributed by atoms with Gasteiger partial charge >= 0.3 is 0 Å². The van der Waals surface area contributed by atoms with Gasteiger partial charge in [-0.2, -0.15) is 4.68 Å². The lowest BCUT2D eigenvalue weighted by atomic mass is 9.88. The summed E-state index contributed by atoms with van der Waals surface area (Å²) in [5, 5.41) is 12.9. The number of hydrogen-bond acceptors (Lipinski definition) is 6. The van der Waals surface area contributed by atoms with E-state index in [1.165, 1.54) is 5.56 Å². The van der Waals surface area contributed by atoms with Crippen LogP contribution >= 0.6 is 0 Å². The Morgan fingerprint density at radius 3 is 2.83 bits per heavy atom. The molecule has 0 N–H and O–H groups in total. The van der Waals surface area contributed by atoms with Crippen molar-refractivity contribution in [3.8, 4) is 22.9 Å². The summed E-state index contributed by atoms with van der Waals surface area (Å²) < 4.78 is 19.8. The van der Waals surface area contributed by atoms with Crippen molar-refractivity contribution in [2.24, 2.45) is 0 Å². The number of fused-ring (bicyclic) bond motifs is 2. The number of benzene rings is 2. The van der Waals surface area contributed by atoms with Crippen LogP contribution in [0.5, 0.6) is 17.2 Å². The summed E-state index contributed by atoms with van der Waals surface area (Å²) in [5.74, 6) is 2.89. The van der Waals surface area contributed by atoms with Crippen molar-refractivity contribution in [3.05, 3.63) is 52.8 Å². The lowest BCUT2D eigenvalue weighted by Crippen LogP contribution is -2.49. The highest BCUT2D eigenvalue weighted by Crippen LogP contribution is 2.51. The molecule has 0 spiro atoms. The summed E-state index contributed by atoms with van der Waals surface area (Å²) in [7, 11) is 6.08. The van der Waals surface area contributed by atoms with Gasteiger partial charge in [-0.3, -0.25) is 0 Å². The second-order valence-electron chi connectivity index (χ2n) is 8.11. The number of likely N-dealkylation sites (N-methyl/N-ethyl adjacent to an activating group) is 1. The maximum absolute atomic E-state index is 5.85. The van der Waals surface area contributed by atoms with Crippen LogP contribution in [0.3, 0.4) is 0 Å². The Labute approximate surface area is 169 Å². The van der Waals surface area contributed by atoms with Crippen LogP contribution < -0.4 is 14.2 Å². The maximum atomic E-state index is 5.85. The van der Waals surface area contributed by atoms with E-state index < -0.39 is 0 Å². The fourth-order valence-corrected chi connectivity index (χ4v) is 4.45. The molecule has 0 saturated carbocycles. The van der Waals surface area contributed by atoms with Crippen LogP contribution in [-0.4, -0.2) is 59.2 Å². The standard InChI is InChI=1S/C21H24N5O3/c1-13-7-5-6-8-15(13)25-21(22-23-24-25)18-17-14(9-10-26(18,2)3)11-16-19(20(17)27-4)29-12-28-16/h5-8,11,18H,9-10,12H2,1-4H3/q+1/t18-/m1/s1. The Bertz CT molecular complexity index is 1090. The van der Waals surface area contributed by atoms with Gasteiger partial charge in [0.1, 0.15) is 0 Å². The molecule has 3 aromatic rings. The topological polar surface area (TPSA) is 71.3 Å². The van der Waals surface area contributed by atoms with Crippen LogP contribution in [0.1, 0.15) is 28.6 Å². The van der Waals surface area contributed by atoms with E-state index in [9.17, 15) is 0 Å². The summed E-state index contributed by atoms with van der Waals surface area (Å²) in [4.78, 5) is 0. The Kier molecular flexibility index (Phi) is 3.99. The third-order valence-corrected chi connectivity index (χ3v) is 5.96. The molecule has 0 fully saturated rings. The number of methoxy groups -OCH3 is 1. The molecule has 0 bridgehead atoms. The van der Waals surface area contributed by atoms with E-state index in [1.54, 1.807) is 7.11 Å². The van der Waals surface area contributed by atoms with Gasteiger partial charge in [0.25, 0.3) is 0 Å². The molecule has 150 valence electrons. The summed E-state index contributed by atoms with van der Waals surface area (Å²) in [6.07, 6.45) is 0.914. The van der Waals surface area contributed by atoms with Crippen LogP contribution in [0.25, 0.3) is 5.69 Å². The van der Waals surface area contributed by atoms with Crippen molar-refractivity contribution in [1.82, 2.24) is 20.2 Å². The van der Waals surface area contributed by atoms with Crippen LogP contribution in [0.15, 0.2) is 30.3 Å². The lowest BCUT2D eigenvalue weighted by Gasteiger charge is -2.42. The normalized spacial score (nSPS) is 19.1. The molecule has 3 heterocycles. The zero-order valence-electron chi connectivity index (χ0n) is 17.0. The zero-order chi connectivity index (χ0) is 20.2. The highest BCUT2D eigenvalue weighted by molar-refractivity contribution is 5.62. The molecule has 29 heavy (non-hydrogen) atoms. The molecule has 0 radical (unpaired) electrons. The van der Waals surface area contributed by atoms with E-state index in [1.807, 2.05) is 22.9 Å². The Hall–Kier alpha value is -3.13. The number of quaternary nitrogens is 1. The molecule has 1 aromatic heterocycles. The molecule has 0 unspecified atom stereocenters. The number of aryl methyl sites for hydroxylation is 1. The number of hydrogen-bond donors (Lipinski definition) is 0. The van der Waals surface area contributed by atoms with Gasteiger partial charge in [0.15, 0.2) is 17.5 Å². The molecule has 2 aromatic carbocycles. The molecule has 1 atom stereocenters. The number of aromatic nitrogens is 4. The predicted octanol–water partition coefficient (Wildman–Crippen LogP) is 2.43. The van der Waals surface area contributed by atoms with Gasteiger partial charge in [-0.15, -0.1) is 5.10 Å². The first-order valence-corrected chi connectivity index (χ1v) is 9.67. The van der Waals surface area contributed by atoms with Crippen molar-refractivity contribution in [3.63, 3.8) is 0 Å². The Morgan fingerprint density at radius 2 is 2.03 bits per heavy atom. The first kappa shape index (κ1) is 17.9. The van der Waals surface area contributed by atoms with Crippen LogP contribution in [0.4, 0.5) is 0 Å². The molecular weight excluding hydrogens is 370 g/mol. The third-order valence-electron chi connectivity index (χ3n) is 5.96. The minimum Gasteiger partial charge on any atom is -0.492 e. The lowest BCUT2D eigenvalue weighted by molar-refractivity contribution is -0.917. The van der Waals surface area contributed by atoms with Gasteiger partial charge in [-0.25, -0.2) is 0 Å². The number of ether oxygens (including phenoxy) is 3. The Morgan fingerprint density at radius 1 is 1.21 bits per heavy atom. The minimum atomic E-state index is -0.113. The fraction of sp³-hybridized carbons (Fsp3) is 0.381. The second kappa shape index (κ2) is 6.45. The largest absolute Gasteiger partial charge is 0.492 e. The average molecular weight is 394 g/mol. The smallest absolute Gasteiger partial charge is 0.231 e. The van der Waals surface area contributed by atoms with E-state index in [4.69, 9.17) is 14.2 Å². The highest BCUT2D eigenvalue weighted by Gasteiger charge is 2.45. The van der Waals surface area contributed by atoms with Gasteiger partial charge < -0.3 is 18.7 Å². The number of rotatable bonds is 3. The number of para-hydroxylation sites is 1. The Balaban J connectivity index is 1.76. The summed E-state index contributed by atoms with van der Waals surface area (Å²) in [6, 6.07) is 10.1. The second-order valence-corrected chi connectivity index (χ2v) is 8.11. The average Bonchev–Trinajstić information content (AvgIpc) is 3.35. The quantitative estimate of drug-likeness (QED) is 0.636. The van der Waals surface area contributed by atoms with E-state index in [2.05, 4.69) is 48.7 Å². The summed E-state index contributed by atoms with van der Waals surface area (Å²) in [5.41, 5.74) is 4.34. The molecule has 2 aliphatic rings. The molecule has 0 saturated heterocycles. The van der Waals surface area contributed by atoms with Crippen molar-refractivity contribution < 1.29 is 18.7 Å². The molecule has 8 heteroatoms. The van der Waals surface area contributed by atoms with Crippen molar-refractivity contribution in [2.45, 2.75) is 19.4 Å². The first-order valence-electron chi connectivity index (χ1n) is 9.67. The highest BCUT2D eigenvalue weighted by atomic mass is 16.7. The van der Waals surface area contributed by atoms with E-state index in [0.29, 0.717) is 16.0 Å². The van der Waals surface area contributed by atoms with Crippen LogP contribution in [0, 0.1) is 6.92 Å². The molecule has 5 rings (SSSR count). The zero-order valence-corrected chi connectivity index (χ0v) is 17.0. The SMILES string of the molecule is COc1c2c(cc3c1[C@H](c1nnnn1-c1ccccc1C)[N+](C)(C)CC3)OCO2. The third kappa shape index (κ3) is 2.66. The van der Waals surface area contributed by atoms with Crippen LogP contribution in [-0.2, 0) is 6.42 Å². The molecule has 0 aliphatic carbocycles. The van der Waals surface area contributed by atoms with E-state index in [-0.39, 0.29) is 12.8 Å². The first-order chi connectivity index (χ1) is 14.0. The fourth-order valence-electron chi connectivity index (χ4n) is 4.45. The van der Waals surface area contributed by atoms with E-state index in [0.717, 1.165) is 41.4 Å². The van der Waals surface area contributed by atoms with Crippen molar-refractivity contribution in [2.75, 3.05) is 34.5 Å². The van der Waals surface area contributed by atoms with Gasteiger partial charge in [0.05, 0.1) is 39.0 Å². The molecular formula is C21H24N5O3+. The molecule has 8 nitrogen and oxygen atoms in total. The van der Waals surface area contributed by atoms with Gasteiger partial charge in [0, 0.05) is 6.42 Å². The van der Waals surface area contributed by atoms with Gasteiger partial charge in [-0.1, -0.05) is 18.2 Å². The number of tetrazole rings is 1. The summed E-state index contributed by atoms with van der Waals surface area (Å²) >= 11 is 0. The van der Waals surface area contributed by atoms with Gasteiger partial charge in [-0.05, 0) is 40.6 Å². The predicted molar refractivity (Wildman–Crippen MR) is 106 cm³/mol. The molecule has 0 amide bonds. The van der Waals surface area contributed by atoms with Crippen LogP contribution in [0.2, 0.25) is 0 Å². The van der Waals surface area contributed by atoms with Crippen molar-refractivity contribution >= 4 is 0 Å². The number of nitrogens with zero attached hydrogens (tertiary/aromatic N) is 5. The van der Waals surface area contributed by atoms with E-state index >= 15 is 0 Å². The van der Waals surface area contributed by atoms with Gasteiger partial charge in [0.2, 0.25) is 18.4 Å². The molecule has 2 aliphatic heterocycles. The summed E-state index contributed by atoms with van der Waals surface area (Å²) in [6.45, 7) is 3.22. The maximum Gasteiger partial charge on any atom is 0.231 e.